The zero-order valence-electron chi connectivity index (χ0n) is 9.25. The molecule has 18 heavy (non-hydrogen) atoms. The summed E-state index contributed by atoms with van der Waals surface area (Å²) < 4.78 is 37.1. The van der Waals surface area contributed by atoms with Crippen LogP contribution in [0.2, 0.25) is 0 Å². The summed E-state index contributed by atoms with van der Waals surface area (Å²) in [7, 11) is 0. The van der Waals surface area contributed by atoms with E-state index in [0.717, 1.165) is 11.6 Å². The molecule has 0 unspecified atom stereocenters. The molecule has 1 saturated heterocycles. The number of benzene rings is 1. The quantitative estimate of drug-likeness (QED) is 0.598. The second-order valence-corrected chi connectivity index (χ2v) is 4.30. The molecule has 3 nitrogen and oxygen atoms in total. The van der Waals surface area contributed by atoms with Gasteiger partial charge in [-0.15, -0.1) is 0 Å². The maximum Gasteiger partial charge on any atom is 0.331 e. The highest BCUT2D eigenvalue weighted by Gasteiger charge is 2.58. The van der Waals surface area contributed by atoms with Crippen molar-refractivity contribution in [2.24, 2.45) is 0 Å². The van der Waals surface area contributed by atoms with Crippen LogP contribution < -0.4 is 0 Å². The first-order chi connectivity index (χ1) is 8.58. The monoisotopic (exact) mass is 252 g/mol. The molecule has 3 rings (SSSR count). The number of rotatable bonds is 2. The van der Waals surface area contributed by atoms with Crippen molar-refractivity contribution in [3.63, 3.8) is 0 Å². The van der Waals surface area contributed by atoms with Crippen LogP contribution in [0.5, 0.6) is 0 Å². The van der Waals surface area contributed by atoms with Crippen molar-refractivity contribution in [1.29, 1.82) is 0 Å². The highest BCUT2D eigenvalue weighted by Crippen LogP contribution is 2.46. The molecule has 2 aliphatic rings. The van der Waals surface area contributed by atoms with Gasteiger partial charge in [-0.2, -0.15) is 8.78 Å². The normalized spacial score (nSPS) is 33.0. The number of alkyl halides is 2. The molecule has 2 aliphatic heterocycles. The molecular weight excluding hydrogens is 242 g/mol. The van der Waals surface area contributed by atoms with Gasteiger partial charge in [-0.1, -0.05) is 30.3 Å². The molecule has 0 amide bonds. The lowest BCUT2D eigenvalue weighted by Crippen LogP contribution is -2.43. The van der Waals surface area contributed by atoms with Gasteiger partial charge in [0.2, 0.25) is 0 Å². The van der Waals surface area contributed by atoms with Crippen LogP contribution in [0, 0.1) is 0 Å². The Morgan fingerprint density at radius 2 is 1.89 bits per heavy atom. The number of carbonyl (C=O) groups is 1. The van der Waals surface area contributed by atoms with Gasteiger partial charge in [-0.05, 0) is 11.6 Å². The van der Waals surface area contributed by atoms with E-state index >= 15 is 0 Å². The molecule has 3 atom stereocenters. The van der Waals surface area contributed by atoms with Gasteiger partial charge in [-0.25, -0.2) is 4.79 Å². The van der Waals surface area contributed by atoms with Gasteiger partial charge in [0.25, 0.3) is 0 Å². The Bertz CT molecular complexity index is 498. The molecular formula is C13H10F2O3. The van der Waals surface area contributed by atoms with E-state index < -0.39 is 30.2 Å². The molecule has 0 aromatic heterocycles. The molecule has 0 spiro atoms. The molecule has 0 radical (unpaired) electrons. The standard InChI is InChI=1S/C13H10F2O3/c14-13(15)7-6-9(16)17-12(13)11-10(18-11)8-4-2-1-3-5-8/h1-7,10-12H/t10-,11+,12+/m0/s1. The predicted octanol–water partition coefficient (Wildman–Crippen LogP) is 2.24. The number of esters is 1. The molecule has 0 N–H and O–H groups in total. The third kappa shape index (κ3) is 1.90. The lowest BCUT2D eigenvalue weighted by atomic mass is 10.0. The third-order valence-electron chi connectivity index (χ3n) is 3.02. The summed E-state index contributed by atoms with van der Waals surface area (Å²) in [5, 5.41) is 0. The Labute approximate surface area is 102 Å². The van der Waals surface area contributed by atoms with Gasteiger partial charge >= 0.3 is 11.9 Å². The second kappa shape index (κ2) is 3.88. The van der Waals surface area contributed by atoms with Crippen LogP contribution in [0.3, 0.4) is 0 Å². The number of ether oxygens (including phenoxy) is 2. The Kier molecular flexibility index (Phi) is 2.45. The fourth-order valence-corrected chi connectivity index (χ4v) is 2.07. The Morgan fingerprint density at radius 3 is 2.61 bits per heavy atom. The Hall–Kier alpha value is -1.75. The topological polar surface area (TPSA) is 38.8 Å². The van der Waals surface area contributed by atoms with Crippen molar-refractivity contribution in [2.45, 2.75) is 24.2 Å². The molecule has 0 aliphatic carbocycles. The van der Waals surface area contributed by atoms with Gasteiger partial charge < -0.3 is 9.47 Å². The molecule has 0 saturated carbocycles. The molecule has 5 heteroatoms. The summed E-state index contributed by atoms with van der Waals surface area (Å²) in [6.07, 6.45) is -1.43. The Balaban J connectivity index is 1.78. The van der Waals surface area contributed by atoms with Crippen LogP contribution >= 0.6 is 0 Å². The van der Waals surface area contributed by atoms with Gasteiger partial charge in [0, 0.05) is 6.08 Å². The molecule has 1 aromatic rings. The Morgan fingerprint density at radius 1 is 1.17 bits per heavy atom. The lowest BCUT2D eigenvalue weighted by molar-refractivity contribution is -0.166. The highest BCUT2D eigenvalue weighted by atomic mass is 19.3. The van der Waals surface area contributed by atoms with Crippen LogP contribution in [0.1, 0.15) is 11.7 Å². The summed E-state index contributed by atoms with van der Waals surface area (Å²) in [6, 6.07) is 9.03. The number of hydrogen-bond acceptors (Lipinski definition) is 3. The first-order valence-corrected chi connectivity index (χ1v) is 5.56. The lowest BCUT2D eigenvalue weighted by Gasteiger charge is -2.25. The zero-order valence-corrected chi connectivity index (χ0v) is 9.25. The minimum Gasteiger partial charge on any atom is -0.449 e. The van der Waals surface area contributed by atoms with E-state index in [2.05, 4.69) is 4.74 Å². The van der Waals surface area contributed by atoms with E-state index in [-0.39, 0.29) is 0 Å². The fraction of sp³-hybridized carbons (Fsp3) is 0.308. The van der Waals surface area contributed by atoms with E-state index in [4.69, 9.17) is 4.74 Å². The molecule has 1 aromatic carbocycles. The molecule has 1 fully saturated rings. The smallest absolute Gasteiger partial charge is 0.331 e. The summed E-state index contributed by atoms with van der Waals surface area (Å²) in [6.45, 7) is 0. The van der Waals surface area contributed by atoms with Crippen molar-refractivity contribution in [2.75, 3.05) is 0 Å². The summed E-state index contributed by atoms with van der Waals surface area (Å²) in [4.78, 5) is 11.0. The van der Waals surface area contributed by atoms with E-state index in [9.17, 15) is 13.6 Å². The third-order valence-corrected chi connectivity index (χ3v) is 3.02. The minimum atomic E-state index is -3.18. The van der Waals surface area contributed by atoms with Gasteiger partial charge in [0.05, 0.1) is 0 Å². The molecule has 2 heterocycles. The van der Waals surface area contributed by atoms with Crippen LogP contribution in [0.15, 0.2) is 42.5 Å². The van der Waals surface area contributed by atoms with Crippen LogP contribution in [0.25, 0.3) is 0 Å². The second-order valence-electron chi connectivity index (χ2n) is 4.30. The number of epoxide rings is 1. The summed E-state index contributed by atoms with van der Waals surface area (Å²) in [5.74, 6) is -3.93. The fourth-order valence-electron chi connectivity index (χ4n) is 2.07. The number of halogens is 2. The van der Waals surface area contributed by atoms with E-state index in [0.29, 0.717) is 6.08 Å². The van der Waals surface area contributed by atoms with E-state index in [1.54, 1.807) is 24.3 Å². The minimum absolute atomic E-state index is 0.429. The van der Waals surface area contributed by atoms with Crippen molar-refractivity contribution in [3.8, 4) is 0 Å². The van der Waals surface area contributed by atoms with Crippen molar-refractivity contribution in [1.82, 2.24) is 0 Å². The highest BCUT2D eigenvalue weighted by molar-refractivity contribution is 5.83. The first-order valence-electron chi connectivity index (χ1n) is 5.56. The zero-order chi connectivity index (χ0) is 12.8. The van der Waals surface area contributed by atoms with Crippen LogP contribution in [-0.2, 0) is 14.3 Å². The SMILES string of the molecule is O=C1C=CC(F)(F)[C@@H]([C@@H]2O[C@H]2c2ccccc2)O1. The van der Waals surface area contributed by atoms with Crippen molar-refractivity contribution < 1.29 is 23.0 Å². The van der Waals surface area contributed by atoms with Crippen LogP contribution in [-0.4, -0.2) is 24.1 Å². The average Bonchev–Trinajstić information content (AvgIpc) is 3.13. The molecule has 0 bridgehead atoms. The van der Waals surface area contributed by atoms with Crippen molar-refractivity contribution in [3.05, 3.63) is 48.0 Å². The van der Waals surface area contributed by atoms with Gasteiger partial charge in [-0.3, -0.25) is 0 Å². The molecule has 94 valence electrons. The average molecular weight is 252 g/mol. The number of hydrogen-bond donors (Lipinski definition) is 0. The van der Waals surface area contributed by atoms with Gasteiger partial charge in [0.15, 0.2) is 6.10 Å². The van der Waals surface area contributed by atoms with E-state index in [1.807, 2.05) is 6.07 Å². The predicted molar refractivity (Wildman–Crippen MR) is 58.0 cm³/mol. The summed E-state index contributed by atoms with van der Waals surface area (Å²) in [5.41, 5.74) is 0.809. The van der Waals surface area contributed by atoms with E-state index in [1.165, 1.54) is 0 Å². The van der Waals surface area contributed by atoms with Crippen LogP contribution in [0.4, 0.5) is 8.78 Å². The number of cyclic esters (lactones) is 1. The maximum atomic E-state index is 13.6. The number of carbonyl (C=O) groups excluding carboxylic acids is 1. The van der Waals surface area contributed by atoms with Gasteiger partial charge in [0.1, 0.15) is 12.2 Å². The first kappa shape index (κ1) is 11.3. The van der Waals surface area contributed by atoms with Crippen molar-refractivity contribution >= 4 is 5.97 Å². The largest absolute Gasteiger partial charge is 0.449 e. The summed E-state index contributed by atoms with van der Waals surface area (Å²) >= 11 is 0. The maximum absolute atomic E-state index is 13.6.